The van der Waals surface area contributed by atoms with Crippen LogP contribution in [0.5, 0.6) is 11.5 Å². The number of aromatic nitrogens is 1. The van der Waals surface area contributed by atoms with E-state index in [1.807, 2.05) is 19.1 Å². The normalized spacial score (nSPS) is 14.0. The molecule has 0 radical (unpaired) electrons. The topological polar surface area (TPSA) is 56.5 Å². The molecule has 1 aliphatic rings. The average Bonchev–Trinajstić information content (AvgIpc) is 2.73. The fourth-order valence-electron chi connectivity index (χ4n) is 2.22. The first-order chi connectivity index (χ1) is 10.2. The number of rotatable bonds is 4. The van der Waals surface area contributed by atoms with Crippen LogP contribution in [0.2, 0.25) is 0 Å². The molecular weight excluding hydrogens is 336 g/mol. The van der Waals surface area contributed by atoms with Gasteiger partial charge in [0.25, 0.3) is 0 Å². The molecule has 3 rings (SSSR count). The van der Waals surface area contributed by atoms with Crippen LogP contribution >= 0.6 is 15.9 Å². The molecule has 6 heteroatoms. The summed E-state index contributed by atoms with van der Waals surface area (Å²) in [6.45, 7) is 4.66. The lowest BCUT2D eigenvalue weighted by atomic mass is 10.2. The highest BCUT2D eigenvalue weighted by molar-refractivity contribution is 9.10. The van der Waals surface area contributed by atoms with E-state index in [0.29, 0.717) is 19.8 Å². The van der Waals surface area contributed by atoms with Gasteiger partial charge in [0.15, 0.2) is 11.5 Å². The Hall–Kier alpha value is -1.53. The zero-order chi connectivity index (χ0) is 14.7. The van der Waals surface area contributed by atoms with Crippen molar-refractivity contribution in [1.82, 2.24) is 10.5 Å². The first-order valence-electron chi connectivity index (χ1n) is 6.93. The number of ether oxygens (including phenoxy) is 2. The molecule has 0 bridgehead atoms. The second-order valence-electron chi connectivity index (χ2n) is 4.99. The molecule has 0 aliphatic carbocycles. The van der Waals surface area contributed by atoms with Gasteiger partial charge in [-0.3, -0.25) is 0 Å². The highest BCUT2D eigenvalue weighted by Gasteiger charge is 2.15. The predicted molar refractivity (Wildman–Crippen MR) is 81.5 cm³/mol. The van der Waals surface area contributed by atoms with Gasteiger partial charge in [-0.15, -0.1) is 0 Å². The van der Waals surface area contributed by atoms with Crippen molar-refractivity contribution in [3.63, 3.8) is 0 Å². The standard InChI is InChI=1S/C15H17BrN2O3/c1-10-5-12(18-21-10)9-17-8-11-6-13(16)15-14(7-11)19-3-2-4-20-15/h5-7,17H,2-4,8-9H2,1H3. The minimum Gasteiger partial charge on any atom is -0.490 e. The summed E-state index contributed by atoms with van der Waals surface area (Å²) in [6.07, 6.45) is 0.903. The lowest BCUT2D eigenvalue weighted by Gasteiger charge is -2.12. The first-order valence-corrected chi connectivity index (χ1v) is 7.72. The van der Waals surface area contributed by atoms with Crippen molar-refractivity contribution in [3.05, 3.63) is 39.7 Å². The van der Waals surface area contributed by atoms with Crippen LogP contribution in [-0.2, 0) is 13.1 Å². The van der Waals surface area contributed by atoms with E-state index in [4.69, 9.17) is 14.0 Å². The van der Waals surface area contributed by atoms with Gasteiger partial charge >= 0.3 is 0 Å². The van der Waals surface area contributed by atoms with Crippen molar-refractivity contribution in [2.45, 2.75) is 26.4 Å². The summed E-state index contributed by atoms with van der Waals surface area (Å²) in [5.74, 6) is 2.42. The summed E-state index contributed by atoms with van der Waals surface area (Å²) in [7, 11) is 0. The van der Waals surface area contributed by atoms with Crippen LogP contribution in [0.25, 0.3) is 0 Å². The van der Waals surface area contributed by atoms with Crippen molar-refractivity contribution in [2.75, 3.05) is 13.2 Å². The molecule has 0 amide bonds. The first kappa shape index (κ1) is 14.4. The quantitative estimate of drug-likeness (QED) is 0.915. The monoisotopic (exact) mass is 352 g/mol. The van der Waals surface area contributed by atoms with E-state index in [-0.39, 0.29) is 0 Å². The molecule has 0 unspecified atom stereocenters. The van der Waals surface area contributed by atoms with E-state index in [1.165, 1.54) is 0 Å². The molecule has 1 N–H and O–H groups in total. The predicted octanol–water partition coefficient (Wildman–Crippen LogP) is 3.20. The van der Waals surface area contributed by atoms with Crippen LogP contribution in [0.1, 0.15) is 23.4 Å². The van der Waals surface area contributed by atoms with Crippen LogP contribution in [0, 0.1) is 6.92 Å². The minimum absolute atomic E-state index is 0.670. The summed E-state index contributed by atoms with van der Waals surface area (Å²) in [6, 6.07) is 6.00. The van der Waals surface area contributed by atoms with Gasteiger partial charge in [0.1, 0.15) is 5.76 Å². The average molecular weight is 353 g/mol. The Bertz CT molecular complexity index is 627. The number of nitrogens with zero attached hydrogens (tertiary/aromatic N) is 1. The smallest absolute Gasteiger partial charge is 0.175 e. The van der Waals surface area contributed by atoms with E-state index in [2.05, 4.69) is 32.5 Å². The Balaban J connectivity index is 1.65. The Morgan fingerprint density at radius 3 is 2.86 bits per heavy atom. The van der Waals surface area contributed by atoms with Crippen LogP contribution < -0.4 is 14.8 Å². The van der Waals surface area contributed by atoms with E-state index in [0.717, 1.165) is 46.0 Å². The highest BCUT2D eigenvalue weighted by Crippen LogP contribution is 2.38. The summed E-state index contributed by atoms with van der Waals surface area (Å²) in [5, 5.41) is 7.30. The van der Waals surface area contributed by atoms with Gasteiger partial charge in [0.05, 0.1) is 23.4 Å². The summed E-state index contributed by atoms with van der Waals surface area (Å²) in [4.78, 5) is 0. The van der Waals surface area contributed by atoms with Gasteiger partial charge < -0.3 is 19.3 Å². The maximum absolute atomic E-state index is 5.73. The number of benzene rings is 1. The zero-order valence-electron chi connectivity index (χ0n) is 11.8. The van der Waals surface area contributed by atoms with E-state index < -0.39 is 0 Å². The molecule has 1 aromatic heterocycles. The van der Waals surface area contributed by atoms with Crippen molar-refractivity contribution in [2.24, 2.45) is 0 Å². The molecule has 0 atom stereocenters. The van der Waals surface area contributed by atoms with Crippen LogP contribution in [0.15, 0.2) is 27.2 Å². The molecule has 0 fully saturated rings. The van der Waals surface area contributed by atoms with Crippen molar-refractivity contribution in [3.8, 4) is 11.5 Å². The van der Waals surface area contributed by atoms with Gasteiger partial charge in [-0.25, -0.2) is 0 Å². The summed E-state index contributed by atoms with van der Waals surface area (Å²) >= 11 is 3.55. The molecule has 0 saturated carbocycles. The summed E-state index contributed by atoms with van der Waals surface area (Å²) < 4.78 is 17.4. The number of nitrogens with one attached hydrogen (secondary N) is 1. The summed E-state index contributed by atoms with van der Waals surface area (Å²) in [5.41, 5.74) is 2.03. The third-order valence-electron chi connectivity index (χ3n) is 3.17. The second-order valence-corrected chi connectivity index (χ2v) is 5.84. The largest absolute Gasteiger partial charge is 0.490 e. The Labute approximate surface area is 131 Å². The maximum Gasteiger partial charge on any atom is 0.175 e. The third-order valence-corrected chi connectivity index (χ3v) is 3.76. The number of aryl methyl sites for hydroxylation is 1. The van der Waals surface area contributed by atoms with Gasteiger partial charge in [-0.2, -0.15) is 0 Å². The fraction of sp³-hybridized carbons (Fsp3) is 0.400. The molecule has 112 valence electrons. The molecular formula is C15H17BrN2O3. The molecule has 1 aliphatic heterocycles. The zero-order valence-corrected chi connectivity index (χ0v) is 13.4. The lowest BCUT2D eigenvalue weighted by Crippen LogP contribution is -2.13. The molecule has 21 heavy (non-hydrogen) atoms. The second kappa shape index (κ2) is 6.49. The van der Waals surface area contributed by atoms with Gasteiger partial charge in [0, 0.05) is 25.6 Å². The SMILES string of the molecule is Cc1cc(CNCc2cc(Br)c3c(c2)OCCCO3)no1. The van der Waals surface area contributed by atoms with Crippen LogP contribution in [0.3, 0.4) is 0 Å². The Morgan fingerprint density at radius 2 is 2.05 bits per heavy atom. The molecule has 5 nitrogen and oxygen atoms in total. The number of fused-ring (bicyclic) bond motifs is 1. The number of hydrogen-bond donors (Lipinski definition) is 1. The molecule has 2 heterocycles. The highest BCUT2D eigenvalue weighted by atomic mass is 79.9. The molecule has 0 saturated heterocycles. The van der Waals surface area contributed by atoms with Crippen LogP contribution in [0.4, 0.5) is 0 Å². The van der Waals surface area contributed by atoms with E-state index >= 15 is 0 Å². The van der Waals surface area contributed by atoms with E-state index in [9.17, 15) is 0 Å². The minimum atomic E-state index is 0.670. The van der Waals surface area contributed by atoms with Gasteiger partial charge in [-0.1, -0.05) is 5.16 Å². The van der Waals surface area contributed by atoms with E-state index in [1.54, 1.807) is 0 Å². The van der Waals surface area contributed by atoms with Gasteiger partial charge in [-0.05, 0) is 40.5 Å². The van der Waals surface area contributed by atoms with Gasteiger partial charge in [0.2, 0.25) is 0 Å². The van der Waals surface area contributed by atoms with Crippen molar-refractivity contribution in [1.29, 1.82) is 0 Å². The third kappa shape index (κ3) is 3.57. The fourth-order valence-corrected chi connectivity index (χ4v) is 2.83. The Morgan fingerprint density at radius 1 is 1.19 bits per heavy atom. The molecule has 2 aromatic rings. The van der Waals surface area contributed by atoms with Crippen molar-refractivity contribution < 1.29 is 14.0 Å². The van der Waals surface area contributed by atoms with Crippen molar-refractivity contribution >= 4 is 15.9 Å². The number of halogens is 1. The molecule has 1 aromatic carbocycles. The maximum atomic E-state index is 5.73. The number of hydrogen-bond acceptors (Lipinski definition) is 5. The Kier molecular flexibility index (Phi) is 4.45. The van der Waals surface area contributed by atoms with Crippen LogP contribution in [-0.4, -0.2) is 18.4 Å². The lowest BCUT2D eigenvalue weighted by molar-refractivity contribution is 0.296. The molecule has 0 spiro atoms.